The number of rotatable bonds is 4. The van der Waals surface area contributed by atoms with Crippen LogP contribution in [0.2, 0.25) is 0 Å². The van der Waals surface area contributed by atoms with Crippen molar-refractivity contribution >= 4 is 5.52 Å². The minimum Gasteiger partial charge on any atom is -0.494 e. The molecule has 0 unspecified atom stereocenters. The van der Waals surface area contributed by atoms with Gasteiger partial charge in [0.2, 0.25) is 0 Å². The lowest BCUT2D eigenvalue weighted by molar-refractivity contribution is 0.414. The van der Waals surface area contributed by atoms with Gasteiger partial charge in [0.05, 0.1) is 13.3 Å². The van der Waals surface area contributed by atoms with Gasteiger partial charge in [-0.3, -0.25) is 14.2 Å². The highest BCUT2D eigenvalue weighted by Gasteiger charge is 2.32. The number of nitrogens with two attached hydrogens (primary N) is 1. The Labute approximate surface area is 146 Å². The number of nitrogens with zero attached hydrogens (tertiary/aromatic N) is 3. The number of hydrogen-bond donors (Lipinski definition) is 2. The molecule has 0 aromatic carbocycles. The van der Waals surface area contributed by atoms with E-state index in [1.807, 2.05) is 0 Å². The van der Waals surface area contributed by atoms with Crippen LogP contribution in [0, 0.1) is 5.82 Å². The van der Waals surface area contributed by atoms with Gasteiger partial charge >= 0.3 is 5.69 Å². The van der Waals surface area contributed by atoms with E-state index in [-0.39, 0.29) is 35.1 Å². The molecule has 1 fully saturated rings. The molecule has 0 radical (unpaired) electrons. The molecule has 3 aromatic rings. The van der Waals surface area contributed by atoms with Crippen molar-refractivity contribution in [2.75, 3.05) is 7.11 Å². The van der Waals surface area contributed by atoms with E-state index < -0.39 is 17.1 Å². The fourth-order valence-electron chi connectivity index (χ4n) is 3.07. The van der Waals surface area contributed by atoms with Gasteiger partial charge < -0.3 is 10.5 Å². The number of hydrogen-bond acceptors (Lipinski definition) is 6. The molecule has 0 saturated heterocycles. The Morgan fingerprint density at radius 1 is 1.35 bits per heavy atom. The highest BCUT2D eigenvalue weighted by atomic mass is 19.1. The highest BCUT2D eigenvalue weighted by Crippen LogP contribution is 2.43. The number of fused-ring (bicyclic) bond motifs is 1. The van der Waals surface area contributed by atoms with Gasteiger partial charge in [-0.15, -0.1) is 0 Å². The molecular formula is C17H16FN5O3. The van der Waals surface area contributed by atoms with Crippen LogP contribution < -0.4 is 21.7 Å². The summed E-state index contributed by atoms with van der Waals surface area (Å²) < 4.78 is 21.3. The van der Waals surface area contributed by atoms with Crippen LogP contribution in [-0.4, -0.2) is 26.5 Å². The fourth-order valence-corrected chi connectivity index (χ4v) is 3.07. The second-order valence-electron chi connectivity index (χ2n) is 6.17. The minimum atomic E-state index is -0.731. The van der Waals surface area contributed by atoms with Gasteiger partial charge in [-0.1, -0.05) is 0 Å². The summed E-state index contributed by atoms with van der Waals surface area (Å²) in [6.07, 6.45) is 5.68. The molecule has 9 heteroatoms. The Kier molecular flexibility index (Phi) is 3.80. The van der Waals surface area contributed by atoms with Crippen LogP contribution >= 0.6 is 0 Å². The molecule has 0 spiro atoms. The molecule has 3 N–H and O–H groups in total. The number of halogens is 1. The van der Waals surface area contributed by atoms with Crippen molar-refractivity contribution in [1.82, 2.24) is 19.4 Å². The van der Waals surface area contributed by atoms with Crippen molar-refractivity contribution in [3.05, 3.63) is 56.4 Å². The number of aromatic nitrogens is 4. The molecule has 0 atom stereocenters. The van der Waals surface area contributed by atoms with Crippen LogP contribution in [0.1, 0.15) is 29.9 Å². The van der Waals surface area contributed by atoms with E-state index in [0.717, 1.165) is 23.4 Å². The third kappa shape index (κ3) is 2.48. The first-order chi connectivity index (χ1) is 12.5. The molecule has 0 aliphatic heterocycles. The van der Waals surface area contributed by atoms with Crippen LogP contribution in [0.25, 0.3) is 16.9 Å². The number of methoxy groups -OCH3 is 1. The summed E-state index contributed by atoms with van der Waals surface area (Å²) in [4.78, 5) is 35.1. The second-order valence-corrected chi connectivity index (χ2v) is 6.17. The van der Waals surface area contributed by atoms with Gasteiger partial charge in [0.1, 0.15) is 11.1 Å². The zero-order chi connectivity index (χ0) is 18.4. The fraction of sp³-hybridized carbons (Fsp3) is 0.294. The molecule has 4 rings (SSSR count). The molecule has 0 bridgehead atoms. The van der Waals surface area contributed by atoms with E-state index in [1.165, 1.54) is 19.5 Å². The van der Waals surface area contributed by atoms with E-state index >= 15 is 0 Å². The Morgan fingerprint density at radius 2 is 2.04 bits per heavy atom. The standard InChI is InChI=1S/C17H16FN5O3/c1-26-14-12(15-20-5-8(4-19)6-21-15)10(18)7-23-13(14)11(9-2-3-9)16(24)22-17(23)25/h5-7,9H,2-4,19H2,1H3,(H,22,24,25). The SMILES string of the molecule is COc1c(-c2ncc(CN)cn2)c(F)cn2c(=O)[nH]c(=O)c(C3CC3)c12. The largest absolute Gasteiger partial charge is 0.494 e. The summed E-state index contributed by atoms with van der Waals surface area (Å²) in [5.41, 5.74) is 5.71. The van der Waals surface area contributed by atoms with Crippen molar-refractivity contribution in [3.8, 4) is 17.1 Å². The second kappa shape index (κ2) is 6.03. The summed E-state index contributed by atoms with van der Waals surface area (Å²) in [6.45, 7) is 0.258. The van der Waals surface area contributed by atoms with Gasteiger partial charge in [0.15, 0.2) is 17.4 Å². The normalized spacial score (nSPS) is 14.0. The summed E-state index contributed by atoms with van der Waals surface area (Å²) in [6, 6.07) is 0. The lowest BCUT2D eigenvalue weighted by Crippen LogP contribution is -2.29. The Morgan fingerprint density at radius 3 is 2.62 bits per heavy atom. The number of pyridine rings is 1. The molecule has 1 saturated carbocycles. The monoisotopic (exact) mass is 357 g/mol. The van der Waals surface area contributed by atoms with Crippen LogP contribution in [0.3, 0.4) is 0 Å². The third-order valence-corrected chi connectivity index (χ3v) is 4.46. The first-order valence-corrected chi connectivity index (χ1v) is 8.11. The van der Waals surface area contributed by atoms with E-state index in [4.69, 9.17) is 10.5 Å². The molecule has 3 aromatic heterocycles. The lowest BCUT2D eigenvalue weighted by atomic mass is 10.1. The molecule has 3 heterocycles. The number of H-pyrrole nitrogens is 1. The van der Waals surface area contributed by atoms with Crippen molar-refractivity contribution in [1.29, 1.82) is 0 Å². The number of nitrogens with one attached hydrogen (secondary N) is 1. The minimum absolute atomic E-state index is 0.00275. The quantitative estimate of drug-likeness (QED) is 0.718. The van der Waals surface area contributed by atoms with Crippen molar-refractivity contribution in [2.45, 2.75) is 25.3 Å². The molecule has 134 valence electrons. The number of ether oxygens (including phenoxy) is 1. The zero-order valence-electron chi connectivity index (χ0n) is 14.0. The van der Waals surface area contributed by atoms with Crippen LogP contribution in [0.5, 0.6) is 5.75 Å². The smallest absolute Gasteiger partial charge is 0.333 e. The molecule has 1 aliphatic carbocycles. The van der Waals surface area contributed by atoms with Crippen molar-refractivity contribution < 1.29 is 9.13 Å². The highest BCUT2D eigenvalue weighted by molar-refractivity contribution is 5.79. The van der Waals surface area contributed by atoms with E-state index in [1.54, 1.807) is 0 Å². The zero-order valence-corrected chi connectivity index (χ0v) is 14.0. The van der Waals surface area contributed by atoms with Gasteiger partial charge in [-0.2, -0.15) is 0 Å². The van der Waals surface area contributed by atoms with E-state index in [2.05, 4.69) is 15.0 Å². The predicted octanol–water partition coefficient (Wildman–Crippen LogP) is 0.929. The molecule has 26 heavy (non-hydrogen) atoms. The Bertz CT molecular complexity index is 1120. The van der Waals surface area contributed by atoms with Gasteiger partial charge in [-0.05, 0) is 18.8 Å². The third-order valence-electron chi connectivity index (χ3n) is 4.46. The number of aromatic amines is 1. The Balaban J connectivity index is 2.10. The summed E-state index contributed by atoms with van der Waals surface area (Å²) in [5, 5.41) is 0. The van der Waals surface area contributed by atoms with Crippen molar-refractivity contribution in [2.24, 2.45) is 5.73 Å². The van der Waals surface area contributed by atoms with Crippen LogP contribution in [-0.2, 0) is 6.54 Å². The van der Waals surface area contributed by atoms with Gasteiger partial charge in [-0.25, -0.2) is 19.2 Å². The molecule has 0 amide bonds. The maximum atomic E-state index is 14.8. The first kappa shape index (κ1) is 16.4. The topological polar surface area (TPSA) is 115 Å². The van der Waals surface area contributed by atoms with Crippen molar-refractivity contribution in [3.63, 3.8) is 0 Å². The maximum Gasteiger partial charge on any atom is 0.333 e. The average Bonchev–Trinajstić information content (AvgIpc) is 3.46. The van der Waals surface area contributed by atoms with E-state index in [9.17, 15) is 14.0 Å². The summed E-state index contributed by atoms with van der Waals surface area (Å²) >= 11 is 0. The maximum absolute atomic E-state index is 14.8. The van der Waals surface area contributed by atoms with E-state index in [0.29, 0.717) is 11.1 Å². The average molecular weight is 357 g/mol. The van der Waals surface area contributed by atoms with Crippen LogP contribution in [0.15, 0.2) is 28.2 Å². The lowest BCUT2D eigenvalue weighted by Gasteiger charge is -2.15. The molecule has 1 aliphatic rings. The molecule has 8 nitrogen and oxygen atoms in total. The summed E-state index contributed by atoms with van der Waals surface area (Å²) in [7, 11) is 1.36. The predicted molar refractivity (Wildman–Crippen MR) is 91.7 cm³/mol. The van der Waals surface area contributed by atoms with Gasteiger partial charge in [0, 0.05) is 30.1 Å². The summed E-state index contributed by atoms with van der Waals surface area (Å²) in [5.74, 6) is -0.558. The molecular weight excluding hydrogens is 341 g/mol. The van der Waals surface area contributed by atoms with Crippen LogP contribution in [0.4, 0.5) is 4.39 Å². The first-order valence-electron chi connectivity index (χ1n) is 8.11. The Hall–Kier alpha value is -3.07. The van der Waals surface area contributed by atoms with Gasteiger partial charge in [0.25, 0.3) is 5.56 Å².